The van der Waals surface area contributed by atoms with Crippen molar-refractivity contribution >= 4 is 17.8 Å². The van der Waals surface area contributed by atoms with E-state index in [1.807, 2.05) is 0 Å². The Kier molecular flexibility index (Phi) is 2.87. The molecule has 1 spiro atoms. The minimum Gasteiger partial charge on any atom is -0.478 e. The third-order valence-electron chi connectivity index (χ3n) is 3.54. The molecule has 0 aromatic carbocycles. The highest BCUT2D eigenvalue weighted by atomic mass is 16.4. The van der Waals surface area contributed by atoms with Crippen molar-refractivity contribution in [3.8, 4) is 0 Å². The second-order valence-electron chi connectivity index (χ2n) is 4.62. The van der Waals surface area contributed by atoms with Crippen LogP contribution in [-0.4, -0.2) is 22.9 Å². The number of carboxylic acid groups (broad SMARTS) is 1. The van der Waals surface area contributed by atoms with Crippen LogP contribution in [0.4, 0.5) is 0 Å². The Balaban J connectivity index is 1.70. The van der Waals surface area contributed by atoms with Crippen molar-refractivity contribution in [3.63, 3.8) is 0 Å². The Morgan fingerprint density at radius 1 is 1.18 bits per heavy atom. The lowest BCUT2D eigenvalue weighted by Gasteiger charge is -2.26. The van der Waals surface area contributed by atoms with Crippen LogP contribution in [0, 0.1) is 11.3 Å². The third-order valence-corrected chi connectivity index (χ3v) is 3.54. The van der Waals surface area contributed by atoms with Crippen LogP contribution < -0.4 is 10.9 Å². The Bertz CT molecular complexity index is 398. The number of carbonyl (C=O) groups is 3. The van der Waals surface area contributed by atoms with E-state index in [0.29, 0.717) is 6.08 Å². The highest BCUT2D eigenvalue weighted by molar-refractivity contribution is 5.95. The lowest BCUT2D eigenvalue weighted by molar-refractivity contribution is -0.131. The predicted molar refractivity (Wildman–Crippen MR) is 57.5 cm³/mol. The standard InChI is InChI=1S/C11H14N2O4/c14-8(2-3-9(15)16)12-13-10(17)7-6-11(7)4-1-5-11/h2-3,7H,1,4-6H2,(H,12,14)(H,13,17)(H,15,16)/b3-2-/t7-/m0/s1. The number of carbonyl (C=O) groups excluding carboxylic acids is 2. The van der Waals surface area contributed by atoms with E-state index in [9.17, 15) is 14.4 Å². The molecule has 92 valence electrons. The fourth-order valence-electron chi connectivity index (χ4n) is 2.30. The van der Waals surface area contributed by atoms with Crippen molar-refractivity contribution in [1.82, 2.24) is 10.9 Å². The zero-order valence-electron chi connectivity index (χ0n) is 9.23. The number of rotatable bonds is 3. The molecule has 0 bridgehead atoms. The maximum absolute atomic E-state index is 11.6. The third kappa shape index (κ3) is 2.46. The van der Waals surface area contributed by atoms with Gasteiger partial charge in [-0.3, -0.25) is 20.4 Å². The fourth-order valence-corrected chi connectivity index (χ4v) is 2.30. The smallest absolute Gasteiger partial charge is 0.328 e. The van der Waals surface area contributed by atoms with Gasteiger partial charge >= 0.3 is 5.97 Å². The van der Waals surface area contributed by atoms with Gasteiger partial charge in [-0.05, 0) is 24.7 Å². The summed E-state index contributed by atoms with van der Waals surface area (Å²) in [5, 5.41) is 8.29. The first kappa shape index (κ1) is 11.6. The maximum Gasteiger partial charge on any atom is 0.328 e. The molecular formula is C11H14N2O4. The lowest BCUT2D eigenvalue weighted by Crippen LogP contribution is -2.42. The van der Waals surface area contributed by atoms with Crippen molar-refractivity contribution < 1.29 is 19.5 Å². The molecule has 0 aromatic rings. The molecule has 2 aliphatic rings. The zero-order valence-corrected chi connectivity index (χ0v) is 9.23. The van der Waals surface area contributed by atoms with Crippen LogP contribution in [-0.2, 0) is 14.4 Å². The predicted octanol–water partition coefficient (Wildman–Crippen LogP) is -0.0352. The van der Waals surface area contributed by atoms with Crippen molar-refractivity contribution in [3.05, 3.63) is 12.2 Å². The summed E-state index contributed by atoms with van der Waals surface area (Å²) in [5.74, 6) is -2.02. The summed E-state index contributed by atoms with van der Waals surface area (Å²) in [5.41, 5.74) is 4.68. The summed E-state index contributed by atoms with van der Waals surface area (Å²) < 4.78 is 0. The van der Waals surface area contributed by atoms with Crippen LogP contribution in [0.15, 0.2) is 12.2 Å². The molecule has 2 fully saturated rings. The average Bonchev–Trinajstić information content (AvgIpc) is 2.98. The topological polar surface area (TPSA) is 95.5 Å². The molecule has 3 N–H and O–H groups in total. The lowest BCUT2D eigenvalue weighted by atomic mass is 9.80. The second kappa shape index (κ2) is 4.20. The molecule has 0 saturated heterocycles. The van der Waals surface area contributed by atoms with Gasteiger partial charge in [-0.25, -0.2) is 4.79 Å². The van der Waals surface area contributed by atoms with Crippen LogP contribution in [0.2, 0.25) is 0 Å². The van der Waals surface area contributed by atoms with Crippen LogP contribution in [0.1, 0.15) is 25.7 Å². The van der Waals surface area contributed by atoms with Gasteiger partial charge in [0.2, 0.25) is 5.91 Å². The molecule has 1 atom stereocenters. The van der Waals surface area contributed by atoms with Crippen LogP contribution in [0.25, 0.3) is 0 Å². The van der Waals surface area contributed by atoms with Gasteiger partial charge in [-0.15, -0.1) is 0 Å². The summed E-state index contributed by atoms with van der Waals surface area (Å²) in [7, 11) is 0. The molecule has 6 heteroatoms. The van der Waals surface area contributed by atoms with Crippen LogP contribution in [0.3, 0.4) is 0 Å². The number of amides is 2. The Labute approximate surface area is 98.0 Å². The van der Waals surface area contributed by atoms with E-state index in [1.165, 1.54) is 6.42 Å². The largest absolute Gasteiger partial charge is 0.478 e. The Morgan fingerprint density at radius 3 is 2.35 bits per heavy atom. The van der Waals surface area contributed by atoms with Gasteiger partial charge in [0, 0.05) is 18.1 Å². The summed E-state index contributed by atoms with van der Waals surface area (Å²) in [4.78, 5) is 32.8. The van der Waals surface area contributed by atoms with Crippen LogP contribution in [0.5, 0.6) is 0 Å². The number of carboxylic acids is 1. The SMILES string of the molecule is O=C(O)/C=C\C(=O)NNC(=O)[C@@H]1CC12CCC2. The molecular weight excluding hydrogens is 224 g/mol. The van der Waals surface area contributed by atoms with E-state index in [-0.39, 0.29) is 17.2 Å². The molecule has 2 aliphatic carbocycles. The Hall–Kier alpha value is -1.85. The van der Waals surface area contributed by atoms with Crippen molar-refractivity contribution in [2.75, 3.05) is 0 Å². The van der Waals surface area contributed by atoms with E-state index in [4.69, 9.17) is 5.11 Å². The van der Waals surface area contributed by atoms with E-state index in [2.05, 4.69) is 10.9 Å². The molecule has 0 radical (unpaired) electrons. The minimum absolute atomic E-state index is 0.0139. The molecule has 2 saturated carbocycles. The summed E-state index contributed by atoms with van der Waals surface area (Å²) in [6.45, 7) is 0. The molecule has 2 amide bonds. The van der Waals surface area contributed by atoms with Gasteiger partial charge in [0.15, 0.2) is 0 Å². The monoisotopic (exact) mass is 238 g/mol. The van der Waals surface area contributed by atoms with Crippen molar-refractivity contribution in [1.29, 1.82) is 0 Å². The fraction of sp³-hybridized carbons (Fsp3) is 0.545. The molecule has 6 nitrogen and oxygen atoms in total. The van der Waals surface area contributed by atoms with Gasteiger partial charge in [0.05, 0.1) is 0 Å². The number of hydrogen-bond acceptors (Lipinski definition) is 3. The number of hydrazine groups is 1. The summed E-state index contributed by atoms with van der Waals surface area (Å²) >= 11 is 0. The van der Waals surface area contributed by atoms with Gasteiger partial charge in [-0.1, -0.05) is 6.42 Å². The molecule has 0 unspecified atom stereocenters. The highest BCUT2D eigenvalue weighted by Crippen LogP contribution is 2.65. The van der Waals surface area contributed by atoms with E-state index >= 15 is 0 Å². The highest BCUT2D eigenvalue weighted by Gasteiger charge is 2.60. The first-order chi connectivity index (χ1) is 8.03. The van der Waals surface area contributed by atoms with Gasteiger partial charge in [0.25, 0.3) is 5.91 Å². The number of aliphatic carboxylic acids is 1. The summed E-state index contributed by atoms with van der Waals surface area (Å²) in [6.07, 6.45) is 5.84. The number of nitrogens with one attached hydrogen (secondary N) is 2. The minimum atomic E-state index is -1.21. The van der Waals surface area contributed by atoms with Crippen molar-refractivity contribution in [2.45, 2.75) is 25.7 Å². The Morgan fingerprint density at radius 2 is 1.88 bits per heavy atom. The molecule has 2 rings (SSSR count). The molecule has 0 heterocycles. The first-order valence-electron chi connectivity index (χ1n) is 5.54. The maximum atomic E-state index is 11.6. The van der Waals surface area contributed by atoms with E-state index in [1.54, 1.807) is 0 Å². The van der Waals surface area contributed by atoms with Gasteiger partial charge < -0.3 is 5.11 Å². The quantitative estimate of drug-likeness (QED) is 0.475. The normalized spacial score (nSPS) is 24.1. The molecule has 0 aromatic heterocycles. The van der Waals surface area contributed by atoms with Crippen molar-refractivity contribution in [2.24, 2.45) is 11.3 Å². The second-order valence-corrected chi connectivity index (χ2v) is 4.62. The first-order valence-corrected chi connectivity index (χ1v) is 5.54. The van der Waals surface area contributed by atoms with Crippen LogP contribution >= 0.6 is 0 Å². The van der Waals surface area contributed by atoms with E-state index < -0.39 is 11.9 Å². The zero-order chi connectivity index (χ0) is 12.5. The van der Waals surface area contributed by atoms with Gasteiger partial charge in [-0.2, -0.15) is 0 Å². The van der Waals surface area contributed by atoms with E-state index in [0.717, 1.165) is 25.3 Å². The number of hydrogen-bond donors (Lipinski definition) is 3. The molecule has 0 aliphatic heterocycles. The summed E-state index contributed by atoms with van der Waals surface area (Å²) in [6, 6.07) is 0. The average molecular weight is 238 g/mol. The molecule has 17 heavy (non-hydrogen) atoms. The van der Waals surface area contributed by atoms with Gasteiger partial charge in [0.1, 0.15) is 0 Å².